The third kappa shape index (κ3) is 4.31. The van der Waals surface area contributed by atoms with Gasteiger partial charge in [0.15, 0.2) is 0 Å². The summed E-state index contributed by atoms with van der Waals surface area (Å²) in [7, 11) is 3.43. The number of hydrogen-bond acceptors (Lipinski definition) is 4. The number of carbonyl (C=O) groups excluding carboxylic acids is 1. The average molecular weight is 398 g/mol. The van der Waals surface area contributed by atoms with Crippen LogP contribution < -0.4 is 15.6 Å². The van der Waals surface area contributed by atoms with E-state index in [-0.39, 0.29) is 11.5 Å². The molecule has 1 N–H and O–H groups in total. The van der Waals surface area contributed by atoms with Crippen molar-refractivity contribution in [3.8, 4) is 11.4 Å². The van der Waals surface area contributed by atoms with Gasteiger partial charge in [-0.2, -0.15) is 0 Å². The van der Waals surface area contributed by atoms with E-state index in [1.807, 2.05) is 61.5 Å². The SMILES string of the molecule is COc1cccc(SCCC(=O)Nc2c(C)n(C)n(-c3ccccc3)c2=O)c1. The maximum absolute atomic E-state index is 12.8. The monoisotopic (exact) mass is 397 g/mol. The zero-order chi connectivity index (χ0) is 20.1. The molecule has 0 bridgehead atoms. The van der Waals surface area contributed by atoms with Crippen LogP contribution in [0, 0.1) is 6.92 Å². The zero-order valence-electron chi connectivity index (χ0n) is 16.1. The maximum atomic E-state index is 12.8. The molecule has 6 nitrogen and oxygen atoms in total. The smallest absolute Gasteiger partial charge is 0.295 e. The molecule has 0 spiro atoms. The van der Waals surface area contributed by atoms with Gasteiger partial charge < -0.3 is 10.1 Å². The molecule has 0 aliphatic rings. The molecule has 0 aliphatic heterocycles. The Hall–Kier alpha value is -2.93. The third-order valence-corrected chi connectivity index (χ3v) is 5.45. The Morgan fingerprint density at radius 3 is 2.61 bits per heavy atom. The number of nitrogens with zero attached hydrogens (tertiary/aromatic N) is 2. The van der Waals surface area contributed by atoms with E-state index in [4.69, 9.17) is 4.74 Å². The van der Waals surface area contributed by atoms with Gasteiger partial charge in [0.05, 0.1) is 18.5 Å². The lowest BCUT2D eigenvalue weighted by Gasteiger charge is -2.07. The Labute approximate surface area is 168 Å². The molecule has 0 saturated carbocycles. The fourth-order valence-electron chi connectivity index (χ4n) is 2.87. The summed E-state index contributed by atoms with van der Waals surface area (Å²) >= 11 is 1.57. The van der Waals surface area contributed by atoms with Crippen LogP contribution in [0.2, 0.25) is 0 Å². The van der Waals surface area contributed by atoms with Crippen molar-refractivity contribution in [2.24, 2.45) is 7.05 Å². The summed E-state index contributed by atoms with van der Waals surface area (Å²) in [6.07, 6.45) is 0.307. The number of carbonyl (C=O) groups is 1. The van der Waals surface area contributed by atoms with E-state index in [2.05, 4.69) is 5.32 Å². The molecule has 1 amide bonds. The lowest BCUT2D eigenvalue weighted by Crippen LogP contribution is -2.23. The molecule has 3 aromatic rings. The summed E-state index contributed by atoms with van der Waals surface area (Å²) in [5.41, 5.74) is 1.55. The van der Waals surface area contributed by atoms with E-state index in [0.717, 1.165) is 16.3 Å². The van der Waals surface area contributed by atoms with Gasteiger partial charge in [0.1, 0.15) is 11.4 Å². The molecule has 28 heavy (non-hydrogen) atoms. The van der Waals surface area contributed by atoms with Crippen molar-refractivity contribution >= 4 is 23.4 Å². The van der Waals surface area contributed by atoms with Gasteiger partial charge in [-0.05, 0) is 37.3 Å². The van der Waals surface area contributed by atoms with Gasteiger partial charge in [-0.1, -0.05) is 24.3 Å². The van der Waals surface area contributed by atoms with E-state index < -0.39 is 0 Å². The number of para-hydroxylation sites is 1. The predicted molar refractivity (Wildman–Crippen MR) is 113 cm³/mol. The van der Waals surface area contributed by atoms with E-state index >= 15 is 0 Å². The highest BCUT2D eigenvalue weighted by Gasteiger charge is 2.17. The molecule has 1 heterocycles. The number of benzene rings is 2. The second-order valence-electron chi connectivity index (χ2n) is 6.26. The minimum Gasteiger partial charge on any atom is -0.497 e. The fraction of sp³-hybridized carbons (Fsp3) is 0.238. The highest BCUT2D eigenvalue weighted by atomic mass is 32.2. The van der Waals surface area contributed by atoms with Gasteiger partial charge in [0.25, 0.3) is 5.56 Å². The van der Waals surface area contributed by atoms with Crippen molar-refractivity contribution in [2.75, 3.05) is 18.2 Å². The first-order chi connectivity index (χ1) is 13.5. The molecule has 1 aromatic heterocycles. The average Bonchev–Trinajstić information content (AvgIpc) is 2.92. The molecule has 3 rings (SSSR count). The van der Waals surface area contributed by atoms with Gasteiger partial charge in [-0.25, -0.2) is 4.68 Å². The van der Waals surface area contributed by atoms with Crippen molar-refractivity contribution in [1.82, 2.24) is 9.36 Å². The second kappa shape index (κ2) is 8.84. The van der Waals surface area contributed by atoms with Crippen molar-refractivity contribution in [1.29, 1.82) is 0 Å². The molecule has 0 radical (unpaired) electrons. The number of amides is 1. The molecule has 0 aliphatic carbocycles. The van der Waals surface area contributed by atoms with Crippen LogP contribution in [0.4, 0.5) is 5.69 Å². The lowest BCUT2D eigenvalue weighted by atomic mass is 10.3. The Kier molecular flexibility index (Phi) is 6.26. The minimum absolute atomic E-state index is 0.179. The molecule has 146 valence electrons. The number of nitrogens with one attached hydrogen (secondary N) is 1. The zero-order valence-corrected chi connectivity index (χ0v) is 17.0. The number of ether oxygens (including phenoxy) is 1. The van der Waals surface area contributed by atoms with Crippen LogP contribution in [-0.2, 0) is 11.8 Å². The van der Waals surface area contributed by atoms with E-state index in [1.54, 1.807) is 35.3 Å². The molecule has 0 atom stereocenters. The predicted octanol–water partition coefficient (Wildman–Crippen LogP) is 3.61. The largest absolute Gasteiger partial charge is 0.497 e. The summed E-state index contributed by atoms with van der Waals surface area (Å²) in [6.45, 7) is 1.82. The molecule has 0 unspecified atom stereocenters. The standard InChI is InChI=1S/C21H23N3O3S/c1-15-20(21(26)24(23(15)2)16-8-5-4-6-9-16)22-19(25)12-13-28-18-11-7-10-17(14-18)27-3/h4-11,14H,12-13H2,1-3H3,(H,22,25). The summed E-state index contributed by atoms with van der Waals surface area (Å²) < 4.78 is 8.51. The number of rotatable bonds is 7. The maximum Gasteiger partial charge on any atom is 0.295 e. The van der Waals surface area contributed by atoms with Crippen molar-refractivity contribution < 1.29 is 9.53 Å². The second-order valence-corrected chi connectivity index (χ2v) is 7.43. The van der Waals surface area contributed by atoms with E-state index in [9.17, 15) is 9.59 Å². The quantitative estimate of drug-likeness (QED) is 0.619. The normalized spacial score (nSPS) is 10.7. The first-order valence-corrected chi connectivity index (χ1v) is 9.90. The van der Waals surface area contributed by atoms with Crippen LogP contribution >= 0.6 is 11.8 Å². The van der Waals surface area contributed by atoms with Gasteiger partial charge in [-0.3, -0.25) is 14.3 Å². The van der Waals surface area contributed by atoms with Crippen molar-refractivity contribution in [2.45, 2.75) is 18.2 Å². The molecule has 0 saturated heterocycles. The van der Waals surface area contributed by atoms with Gasteiger partial charge >= 0.3 is 0 Å². The van der Waals surface area contributed by atoms with Crippen LogP contribution in [-0.4, -0.2) is 28.1 Å². The van der Waals surface area contributed by atoms with Crippen LogP contribution in [0.1, 0.15) is 12.1 Å². The van der Waals surface area contributed by atoms with Crippen LogP contribution in [0.25, 0.3) is 5.69 Å². The van der Waals surface area contributed by atoms with E-state index in [0.29, 0.717) is 23.6 Å². The first-order valence-electron chi connectivity index (χ1n) is 8.92. The molecule has 0 fully saturated rings. The van der Waals surface area contributed by atoms with E-state index in [1.165, 1.54) is 0 Å². The number of anilines is 1. The number of aromatic nitrogens is 2. The van der Waals surface area contributed by atoms with Crippen molar-refractivity contribution in [3.63, 3.8) is 0 Å². The molecule has 2 aromatic carbocycles. The Morgan fingerprint density at radius 1 is 1.14 bits per heavy atom. The van der Waals surface area contributed by atoms with Gasteiger partial charge in [-0.15, -0.1) is 11.8 Å². The summed E-state index contributed by atoms with van der Waals surface area (Å²) in [6, 6.07) is 17.1. The van der Waals surface area contributed by atoms with Crippen LogP contribution in [0.15, 0.2) is 64.3 Å². The number of methoxy groups -OCH3 is 1. The first kappa shape index (κ1) is 19.8. The Morgan fingerprint density at radius 2 is 1.89 bits per heavy atom. The van der Waals surface area contributed by atoms with Gasteiger partial charge in [0, 0.05) is 24.1 Å². The molecule has 7 heteroatoms. The summed E-state index contributed by atoms with van der Waals surface area (Å²) in [4.78, 5) is 26.2. The van der Waals surface area contributed by atoms with Crippen LogP contribution in [0.3, 0.4) is 0 Å². The number of hydrogen-bond donors (Lipinski definition) is 1. The lowest BCUT2D eigenvalue weighted by molar-refractivity contribution is -0.115. The third-order valence-electron chi connectivity index (χ3n) is 4.46. The van der Waals surface area contributed by atoms with Crippen molar-refractivity contribution in [3.05, 3.63) is 70.6 Å². The summed E-state index contributed by atoms with van der Waals surface area (Å²) in [5.74, 6) is 1.22. The molecular formula is C21H23N3O3S. The Bertz CT molecular complexity index is 1030. The molecular weight excluding hydrogens is 374 g/mol. The summed E-state index contributed by atoms with van der Waals surface area (Å²) in [5, 5.41) is 2.79. The number of thioether (sulfide) groups is 1. The van der Waals surface area contributed by atoms with Crippen LogP contribution in [0.5, 0.6) is 5.75 Å². The highest BCUT2D eigenvalue weighted by Crippen LogP contribution is 2.23. The minimum atomic E-state index is -0.236. The van der Waals surface area contributed by atoms with Gasteiger partial charge in [0.2, 0.25) is 5.91 Å². The fourth-order valence-corrected chi connectivity index (χ4v) is 3.76. The topological polar surface area (TPSA) is 65.3 Å². The highest BCUT2D eigenvalue weighted by molar-refractivity contribution is 7.99. The Balaban J connectivity index is 1.67.